The molecule has 132 valence electrons. The van der Waals surface area contributed by atoms with Crippen LogP contribution in [-0.2, 0) is 14.4 Å². The first-order valence-corrected chi connectivity index (χ1v) is 8.07. The lowest BCUT2D eigenvalue weighted by Gasteiger charge is -2.25. The smallest absolute Gasteiger partial charge is 0.295 e. The number of carbonyl (C=O) groups excluding carboxylic acids is 3. The Morgan fingerprint density at radius 3 is 2.27 bits per heavy atom. The number of carboxylic acids is 1. The van der Waals surface area contributed by atoms with Crippen LogP contribution in [0.15, 0.2) is 60.2 Å². The molecule has 1 aliphatic heterocycles. The number of rotatable bonds is 4. The molecule has 1 fully saturated rings. The molecular weight excluding hydrogens is 358 g/mol. The van der Waals surface area contributed by atoms with E-state index in [0.29, 0.717) is 16.1 Å². The molecule has 0 unspecified atom stereocenters. The predicted octanol–water partition coefficient (Wildman–Crippen LogP) is 1.51. The molecule has 1 amide bonds. The Labute approximate surface area is 153 Å². The van der Waals surface area contributed by atoms with Gasteiger partial charge in [-0.2, -0.15) is 0 Å². The van der Waals surface area contributed by atoms with E-state index in [2.05, 4.69) is 0 Å². The maximum Gasteiger partial charge on any atom is 0.295 e. The fourth-order valence-electron chi connectivity index (χ4n) is 2.93. The second-order valence-corrected chi connectivity index (χ2v) is 6.15. The van der Waals surface area contributed by atoms with Crippen LogP contribution in [0.4, 0.5) is 0 Å². The molecular formula is C19H13ClNO5-. The summed E-state index contributed by atoms with van der Waals surface area (Å²) in [7, 11) is 0. The number of amides is 1. The molecule has 0 bridgehead atoms. The summed E-state index contributed by atoms with van der Waals surface area (Å²) in [5, 5.41) is 22.2. The molecule has 1 aliphatic rings. The fraction of sp³-hybridized carbons (Fsp3) is 0.105. The highest BCUT2D eigenvalue weighted by Gasteiger charge is 2.45. The second kappa shape index (κ2) is 7.01. The van der Waals surface area contributed by atoms with Crippen LogP contribution in [0.25, 0.3) is 5.76 Å². The van der Waals surface area contributed by atoms with Gasteiger partial charge in [0.05, 0.1) is 24.1 Å². The van der Waals surface area contributed by atoms with Gasteiger partial charge in [-0.05, 0) is 29.8 Å². The number of aliphatic hydroxyl groups excluding tert-OH is 1. The van der Waals surface area contributed by atoms with Crippen LogP contribution in [0.3, 0.4) is 0 Å². The first-order valence-electron chi connectivity index (χ1n) is 7.69. The normalized spacial score (nSPS) is 19.0. The number of carboxylic acid groups (broad SMARTS) is 1. The van der Waals surface area contributed by atoms with Gasteiger partial charge in [-0.25, -0.2) is 0 Å². The molecule has 0 aliphatic carbocycles. The number of halogens is 1. The number of likely N-dealkylation sites (tertiary alicyclic amines) is 1. The molecule has 1 atom stereocenters. The van der Waals surface area contributed by atoms with Crippen molar-refractivity contribution >= 4 is 35.0 Å². The molecule has 7 heteroatoms. The molecule has 2 aromatic carbocycles. The van der Waals surface area contributed by atoms with Crippen molar-refractivity contribution in [3.8, 4) is 0 Å². The SMILES string of the molecule is O=C([O-])CN1C(=O)C(=O)C(=C(O)c2ccc(Cl)cc2)[C@@H]1c1ccccc1. The standard InChI is InChI=1S/C19H14ClNO5/c20-13-8-6-12(7-9-13)17(24)15-16(11-4-2-1-3-5-11)21(10-14(22)23)19(26)18(15)25/h1-9,16,24H,10H2,(H,22,23)/p-1/t16-/m0/s1. The van der Waals surface area contributed by atoms with Gasteiger partial charge in [0.2, 0.25) is 0 Å². The summed E-state index contributed by atoms with van der Waals surface area (Å²) < 4.78 is 0. The molecule has 3 rings (SSSR count). The second-order valence-electron chi connectivity index (χ2n) is 5.72. The maximum absolute atomic E-state index is 12.5. The monoisotopic (exact) mass is 370 g/mol. The van der Waals surface area contributed by atoms with E-state index in [0.717, 1.165) is 4.90 Å². The lowest BCUT2D eigenvalue weighted by atomic mass is 9.95. The van der Waals surface area contributed by atoms with Crippen molar-refractivity contribution in [2.45, 2.75) is 6.04 Å². The maximum atomic E-state index is 12.5. The molecule has 26 heavy (non-hydrogen) atoms. The average Bonchev–Trinajstić information content (AvgIpc) is 2.87. The number of carbonyl (C=O) groups is 3. The third kappa shape index (κ3) is 3.19. The number of hydrogen-bond acceptors (Lipinski definition) is 5. The topological polar surface area (TPSA) is 97.7 Å². The van der Waals surface area contributed by atoms with Gasteiger partial charge < -0.3 is 19.9 Å². The highest BCUT2D eigenvalue weighted by Crippen LogP contribution is 2.39. The summed E-state index contributed by atoms with van der Waals surface area (Å²) in [4.78, 5) is 36.8. The lowest BCUT2D eigenvalue weighted by molar-refractivity contribution is -0.306. The number of nitrogens with zero attached hydrogens (tertiary/aromatic N) is 1. The number of Topliss-reactive ketones (excluding diaryl/α,β-unsaturated/α-hetero) is 1. The Balaban J connectivity index is 2.18. The van der Waals surface area contributed by atoms with Crippen molar-refractivity contribution in [3.63, 3.8) is 0 Å². The summed E-state index contributed by atoms with van der Waals surface area (Å²) >= 11 is 5.83. The summed E-state index contributed by atoms with van der Waals surface area (Å²) in [5.74, 6) is -3.85. The van der Waals surface area contributed by atoms with Crippen molar-refractivity contribution in [3.05, 3.63) is 76.3 Å². The van der Waals surface area contributed by atoms with E-state index in [1.165, 1.54) is 24.3 Å². The Morgan fingerprint density at radius 2 is 1.69 bits per heavy atom. The van der Waals surface area contributed by atoms with Gasteiger partial charge >= 0.3 is 0 Å². The van der Waals surface area contributed by atoms with Crippen molar-refractivity contribution in [2.75, 3.05) is 6.54 Å². The number of aliphatic hydroxyl groups is 1. The minimum atomic E-state index is -1.50. The van der Waals surface area contributed by atoms with Gasteiger partial charge in [0.1, 0.15) is 5.76 Å². The van der Waals surface area contributed by atoms with Crippen LogP contribution in [0.1, 0.15) is 17.2 Å². The largest absolute Gasteiger partial charge is 0.548 e. The molecule has 1 saturated heterocycles. The Bertz CT molecular complexity index is 905. The summed E-state index contributed by atoms with van der Waals surface area (Å²) in [5.41, 5.74) is 0.620. The molecule has 0 spiro atoms. The van der Waals surface area contributed by atoms with Crippen molar-refractivity contribution in [1.82, 2.24) is 4.90 Å². The molecule has 2 aromatic rings. The van der Waals surface area contributed by atoms with Crippen LogP contribution in [-0.4, -0.2) is 34.2 Å². The van der Waals surface area contributed by atoms with E-state index in [1.807, 2.05) is 0 Å². The van der Waals surface area contributed by atoms with Crippen LogP contribution < -0.4 is 5.11 Å². The van der Waals surface area contributed by atoms with E-state index in [9.17, 15) is 24.6 Å². The van der Waals surface area contributed by atoms with E-state index in [1.54, 1.807) is 30.3 Å². The van der Waals surface area contributed by atoms with E-state index in [-0.39, 0.29) is 5.57 Å². The zero-order valence-electron chi connectivity index (χ0n) is 13.4. The first kappa shape index (κ1) is 17.7. The number of ketones is 1. The van der Waals surface area contributed by atoms with Crippen LogP contribution in [0.5, 0.6) is 0 Å². The van der Waals surface area contributed by atoms with Crippen LogP contribution in [0.2, 0.25) is 5.02 Å². The first-order chi connectivity index (χ1) is 12.4. The number of aliphatic carboxylic acids is 1. The molecule has 0 radical (unpaired) electrons. The van der Waals surface area contributed by atoms with Crippen molar-refractivity contribution in [1.29, 1.82) is 0 Å². The molecule has 0 saturated carbocycles. The summed E-state index contributed by atoms with van der Waals surface area (Å²) in [6.07, 6.45) is 0. The molecule has 1 N–H and O–H groups in total. The zero-order valence-corrected chi connectivity index (χ0v) is 14.1. The average molecular weight is 371 g/mol. The van der Waals surface area contributed by atoms with Gasteiger partial charge in [0.25, 0.3) is 11.7 Å². The predicted molar refractivity (Wildman–Crippen MR) is 91.9 cm³/mol. The number of hydrogen-bond donors (Lipinski definition) is 1. The molecule has 6 nitrogen and oxygen atoms in total. The fourth-order valence-corrected chi connectivity index (χ4v) is 3.05. The Hall–Kier alpha value is -3.12. The van der Waals surface area contributed by atoms with Gasteiger partial charge in [-0.15, -0.1) is 0 Å². The summed E-state index contributed by atoms with van der Waals surface area (Å²) in [6.45, 7) is -0.762. The Kier molecular flexibility index (Phi) is 4.77. The minimum Gasteiger partial charge on any atom is -0.548 e. The zero-order chi connectivity index (χ0) is 18.8. The van der Waals surface area contributed by atoms with Gasteiger partial charge in [0, 0.05) is 10.6 Å². The quantitative estimate of drug-likeness (QED) is 0.500. The highest BCUT2D eigenvalue weighted by atomic mass is 35.5. The molecule has 1 heterocycles. The van der Waals surface area contributed by atoms with E-state index in [4.69, 9.17) is 11.6 Å². The van der Waals surface area contributed by atoms with Gasteiger partial charge in [-0.3, -0.25) is 9.59 Å². The third-order valence-electron chi connectivity index (χ3n) is 4.07. The number of benzene rings is 2. The Morgan fingerprint density at radius 1 is 1.08 bits per heavy atom. The van der Waals surface area contributed by atoms with Crippen LogP contribution >= 0.6 is 11.6 Å². The van der Waals surface area contributed by atoms with Crippen LogP contribution in [0, 0.1) is 0 Å². The van der Waals surface area contributed by atoms with Gasteiger partial charge in [-0.1, -0.05) is 41.9 Å². The molecule has 0 aromatic heterocycles. The van der Waals surface area contributed by atoms with Gasteiger partial charge in [0.15, 0.2) is 0 Å². The van der Waals surface area contributed by atoms with E-state index < -0.39 is 36.0 Å². The summed E-state index contributed by atoms with van der Waals surface area (Å²) in [6, 6.07) is 13.5. The third-order valence-corrected chi connectivity index (χ3v) is 4.32. The van der Waals surface area contributed by atoms with Crippen molar-refractivity contribution < 1.29 is 24.6 Å². The minimum absolute atomic E-state index is 0.176. The van der Waals surface area contributed by atoms with Crippen molar-refractivity contribution in [2.24, 2.45) is 0 Å². The lowest BCUT2D eigenvalue weighted by Crippen LogP contribution is -2.40. The van der Waals surface area contributed by atoms with E-state index >= 15 is 0 Å². The highest BCUT2D eigenvalue weighted by molar-refractivity contribution is 6.46.